The molecule has 4 nitrogen and oxygen atoms in total. The van der Waals surface area contributed by atoms with E-state index in [2.05, 4.69) is 0 Å². The molecule has 2 rings (SSSR count). The van der Waals surface area contributed by atoms with Crippen molar-refractivity contribution in [2.75, 3.05) is 12.8 Å². The van der Waals surface area contributed by atoms with Gasteiger partial charge in [0.05, 0.1) is 22.5 Å². The number of hydrogen-bond donors (Lipinski definition) is 1. The summed E-state index contributed by atoms with van der Waals surface area (Å²) in [4.78, 5) is 13.9. The molecule has 5 heteroatoms. The van der Waals surface area contributed by atoms with Gasteiger partial charge in [0.2, 0.25) is 0 Å². The van der Waals surface area contributed by atoms with E-state index in [9.17, 15) is 4.79 Å². The molecule has 0 radical (unpaired) electrons. The highest BCUT2D eigenvalue weighted by Gasteiger charge is 2.17. The van der Waals surface area contributed by atoms with Gasteiger partial charge >= 0.3 is 0 Å². The molecule has 0 saturated heterocycles. The van der Waals surface area contributed by atoms with Crippen molar-refractivity contribution in [3.05, 3.63) is 52.4 Å². The summed E-state index contributed by atoms with van der Waals surface area (Å²) in [5.74, 6) is 0.635. The van der Waals surface area contributed by atoms with Crippen molar-refractivity contribution in [2.24, 2.45) is 0 Å². The lowest BCUT2D eigenvalue weighted by molar-refractivity contribution is 0.0785. The van der Waals surface area contributed by atoms with Crippen molar-refractivity contribution in [2.45, 2.75) is 13.5 Å². The fraction of sp³-hybridized carbons (Fsp3) is 0.214. The zero-order valence-corrected chi connectivity index (χ0v) is 11.6. The normalized spacial score (nSPS) is 10.5. The van der Waals surface area contributed by atoms with E-state index in [1.165, 1.54) is 0 Å². The number of nitrogens with zero attached hydrogens (tertiary/aromatic N) is 1. The molecule has 0 saturated carbocycles. The van der Waals surface area contributed by atoms with Crippen LogP contribution in [0.2, 0.25) is 5.02 Å². The number of rotatable bonds is 3. The average Bonchev–Trinajstić information content (AvgIpc) is 2.77. The van der Waals surface area contributed by atoms with E-state index >= 15 is 0 Å². The Morgan fingerprint density at radius 1 is 1.42 bits per heavy atom. The summed E-state index contributed by atoms with van der Waals surface area (Å²) in [5, 5.41) is 0.295. The van der Waals surface area contributed by atoms with Crippen LogP contribution >= 0.6 is 11.6 Å². The molecule has 0 atom stereocenters. The highest BCUT2D eigenvalue weighted by molar-refractivity contribution is 6.36. The molecule has 100 valence electrons. The quantitative estimate of drug-likeness (QED) is 0.878. The first-order valence-corrected chi connectivity index (χ1v) is 6.21. The second kappa shape index (κ2) is 5.36. The monoisotopic (exact) mass is 278 g/mol. The molecule has 0 bridgehead atoms. The molecule has 0 spiro atoms. The Balaban J connectivity index is 2.20. The molecule has 0 aliphatic rings. The van der Waals surface area contributed by atoms with Crippen LogP contribution in [0.25, 0.3) is 0 Å². The molecule has 1 heterocycles. The van der Waals surface area contributed by atoms with Crippen LogP contribution in [-0.2, 0) is 6.54 Å². The molecule has 1 amide bonds. The van der Waals surface area contributed by atoms with Crippen LogP contribution in [0.15, 0.2) is 34.9 Å². The Labute approximate surface area is 116 Å². The van der Waals surface area contributed by atoms with Gasteiger partial charge in [0.1, 0.15) is 5.76 Å². The summed E-state index contributed by atoms with van der Waals surface area (Å²) < 4.78 is 5.21. The van der Waals surface area contributed by atoms with Gasteiger partial charge in [0.25, 0.3) is 5.91 Å². The third kappa shape index (κ3) is 2.74. The average molecular weight is 279 g/mol. The van der Waals surface area contributed by atoms with Crippen molar-refractivity contribution >= 4 is 23.2 Å². The minimum absolute atomic E-state index is 0.169. The molecular formula is C14H15ClN2O2. The maximum Gasteiger partial charge on any atom is 0.255 e. The fourth-order valence-electron chi connectivity index (χ4n) is 1.82. The smallest absolute Gasteiger partial charge is 0.255 e. The van der Waals surface area contributed by atoms with Crippen molar-refractivity contribution in [1.82, 2.24) is 4.90 Å². The zero-order valence-electron chi connectivity index (χ0n) is 10.8. The predicted octanol–water partition coefficient (Wildman–Crippen LogP) is 3.10. The zero-order chi connectivity index (χ0) is 14.0. The number of amides is 1. The first-order chi connectivity index (χ1) is 9.00. The van der Waals surface area contributed by atoms with Gasteiger partial charge in [-0.05, 0) is 25.1 Å². The van der Waals surface area contributed by atoms with Gasteiger partial charge in [-0.1, -0.05) is 17.7 Å². The SMILES string of the molecule is Cc1occc1CN(C)C(=O)c1cccc(N)c1Cl. The maximum atomic E-state index is 12.3. The van der Waals surface area contributed by atoms with E-state index in [1.807, 2.05) is 13.0 Å². The summed E-state index contributed by atoms with van der Waals surface area (Å²) in [7, 11) is 1.72. The van der Waals surface area contributed by atoms with Crippen molar-refractivity contribution in [1.29, 1.82) is 0 Å². The summed E-state index contributed by atoms with van der Waals surface area (Å²) in [5.41, 5.74) is 7.48. The Morgan fingerprint density at radius 3 is 2.79 bits per heavy atom. The van der Waals surface area contributed by atoms with Gasteiger partial charge in [-0.15, -0.1) is 0 Å². The van der Waals surface area contributed by atoms with Crippen LogP contribution in [0.4, 0.5) is 5.69 Å². The van der Waals surface area contributed by atoms with E-state index in [0.29, 0.717) is 22.8 Å². The number of carbonyl (C=O) groups excluding carboxylic acids is 1. The van der Waals surface area contributed by atoms with Gasteiger partial charge in [-0.25, -0.2) is 0 Å². The van der Waals surface area contributed by atoms with Gasteiger partial charge in [-0.2, -0.15) is 0 Å². The largest absolute Gasteiger partial charge is 0.469 e. The van der Waals surface area contributed by atoms with Gasteiger partial charge in [0.15, 0.2) is 0 Å². The Bertz CT molecular complexity index is 607. The molecular weight excluding hydrogens is 264 g/mol. The topological polar surface area (TPSA) is 59.5 Å². The third-order valence-electron chi connectivity index (χ3n) is 2.98. The van der Waals surface area contributed by atoms with Crippen molar-refractivity contribution < 1.29 is 9.21 Å². The Hall–Kier alpha value is -1.94. The summed E-state index contributed by atoms with van der Waals surface area (Å²) in [6.45, 7) is 2.33. The van der Waals surface area contributed by atoms with Crippen LogP contribution < -0.4 is 5.73 Å². The second-order valence-electron chi connectivity index (χ2n) is 4.37. The summed E-state index contributed by atoms with van der Waals surface area (Å²) in [6, 6.07) is 6.89. The molecule has 0 aliphatic carbocycles. The lowest BCUT2D eigenvalue weighted by Gasteiger charge is -2.18. The Kier molecular flexibility index (Phi) is 3.81. The minimum atomic E-state index is -0.169. The summed E-state index contributed by atoms with van der Waals surface area (Å²) >= 11 is 6.05. The number of furan rings is 1. The highest BCUT2D eigenvalue weighted by Crippen LogP contribution is 2.24. The molecule has 1 aromatic heterocycles. The van der Waals surface area contributed by atoms with Crippen LogP contribution in [-0.4, -0.2) is 17.9 Å². The second-order valence-corrected chi connectivity index (χ2v) is 4.75. The van der Waals surface area contributed by atoms with Crippen molar-refractivity contribution in [3.8, 4) is 0 Å². The van der Waals surface area contributed by atoms with Gasteiger partial charge < -0.3 is 15.1 Å². The predicted molar refractivity (Wildman–Crippen MR) is 75.1 cm³/mol. The molecule has 2 aromatic rings. The summed E-state index contributed by atoms with van der Waals surface area (Å²) in [6.07, 6.45) is 1.61. The number of nitrogens with two attached hydrogens (primary N) is 1. The lowest BCUT2D eigenvalue weighted by atomic mass is 10.1. The third-order valence-corrected chi connectivity index (χ3v) is 3.40. The first-order valence-electron chi connectivity index (χ1n) is 5.83. The van der Waals surface area contributed by atoms with E-state index in [4.69, 9.17) is 21.8 Å². The molecule has 0 fully saturated rings. The van der Waals surface area contributed by atoms with Crippen molar-refractivity contribution in [3.63, 3.8) is 0 Å². The molecule has 0 aliphatic heterocycles. The van der Waals surface area contributed by atoms with Crippen LogP contribution in [0.1, 0.15) is 21.7 Å². The fourth-order valence-corrected chi connectivity index (χ4v) is 2.03. The maximum absolute atomic E-state index is 12.3. The number of benzene rings is 1. The standard InChI is InChI=1S/C14H15ClN2O2/c1-9-10(6-7-19-9)8-17(2)14(18)11-4-3-5-12(16)13(11)15/h3-7H,8,16H2,1-2H3. The molecule has 2 N–H and O–H groups in total. The van der Waals surface area contributed by atoms with E-state index in [0.717, 1.165) is 11.3 Å². The first kappa shape index (κ1) is 13.5. The number of halogens is 1. The van der Waals surface area contributed by atoms with Gasteiger partial charge in [-0.3, -0.25) is 4.79 Å². The highest BCUT2D eigenvalue weighted by atomic mass is 35.5. The van der Waals surface area contributed by atoms with Crippen LogP contribution in [0.3, 0.4) is 0 Å². The number of aryl methyl sites for hydroxylation is 1. The van der Waals surface area contributed by atoms with Crippen LogP contribution in [0, 0.1) is 6.92 Å². The molecule has 19 heavy (non-hydrogen) atoms. The van der Waals surface area contributed by atoms with Gasteiger partial charge in [0, 0.05) is 19.2 Å². The number of nitrogen functional groups attached to an aromatic ring is 1. The Morgan fingerprint density at radius 2 is 2.16 bits per heavy atom. The van der Waals surface area contributed by atoms with E-state index in [-0.39, 0.29) is 5.91 Å². The minimum Gasteiger partial charge on any atom is -0.469 e. The lowest BCUT2D eigenvalue weighted by Crippen LogP contribution is -2.26. The number of hydrogen-bond acceptors (Lipinski definition) is 3. The number of anilines is 1. The number of carbonyl (C=O) groups is 1. The molecule has 1 aromatic carbocycles. The van der Waals surface area contributed by atoms with Crippen LogP contribution in [0.5, 0.6) is 0 Å². The van der Waals surface area contributed by atoms with E-state index < -0.39 is 0 Å². The molecule has 0 unspecified atom stereocenters. The van der Waals surface area contributed by atoms with E-state index in [1.54, 1.807) is 36.4 Å².